The van der Waals surface area contributed by atoms with E-state index < -0.39 is 0 Å². The van der Waals surface area contributed by atoms with Crippen molar-refractivity contribution in [3.63, 3.8) is 0 Å². The Morgan fingerprint density at radius 1 is 1.13 bits per heavy atom. The number of hydrogen-bond donors (Lipinski definition) is 1. The molecule has 3 rings (SSSR count). The minimum Gasteiger partial charge on any atom is -0.364 e. The van der Waals surface area contributed by atoms with E-state index >= 15 is 0 Å². The molecule has 0 radical (unpaired) electrons. The maximum atomic E-state index is 4.84. The second-order valence-electron chi connectivity index (χ2n) is 8.00. The van der Waals surface area contributed by atoms with E-state index in [1.165, 1.54) is 5.56 Å². The van der Waals surface area contributed by atoms with Crippen LogP contribution in [-0.2, 0) is 0 Å². The quantitative estimate of drug-likeness (QED) is 0.667. The summed E-state index contributed by atoms with van der Waals surface area (Å²) in [6.45, 7) is 11.4. The number of imidazole rings is 1. The summed E-state index contributed by atoms with van der Waals surface area (Å²) in [6, 6.07) is 8.27. The monoisotopic (exact) mass is 327 g/mol. The van der Waals surface area contributed by atoms with Crippen molar-refractivity contribution in [3.8, 4) is 11.3 Å². The van der Waals surface area contributed by atoms with Gasteiger partial charge in [0.05, 0.1) is 0 Å². The van der Waals surface area contributed by atoms with Crippen LogP contribution in [0.2, 0.25) is 0 Å². The molecule has 3 aromatic rings. The number of anilines is 1. The average Bonchev–Trinajstić information content (AvgIpc) is 3.03. The van der Waals surface area contributed by atoms with Gasteiger partial charge in [0, 0.05) is 22.7 Å². The average molecular weight is 327 g/mol. The molecular formula is C19H25N3S. The molecule has 0 atom stereocenters. The standard InChI is InChI=1S/C19H25N3S/c1-18(2,3)13-19(4,5)21-17-16(14-9-11-23-12-14)20-15-8-6-7-10-22(15)17/h6-12,21H,13H2,1-5H3. The van der Waals surface area contributed by atoms with E-state index in [0.717, 1.165) is 23.6 Å². The first-order valence-electron chi connectivity index (χ1n) is 8.03. The van der Waals surface area contributed by atoms with Gasteiger partial charge in [0.25, 0.3) is 0 Å². The summed E-state index contributed by atoms with van der Waals surface area (Å²) < 4.78 is 2.15. The van der Waals surface area contributed by atoms with Crippen molar-refractivity contribution in [3.05, 3.63) is 41.2 Å². The molecule has 0 amide bonds. The molecule has 4 heteroatoms. The molecule has 0 aliphatic heterocycles. The summed E-state index contributed by atoms with van der Waals surface area (Å²) in [5, 5.41) is 8.02. The van der Waals surface area contributed by atoms with Crippen LogP contribution in [0.4, 0.5) is 5.82 Å². The summed E-state index contributed by atoms with van der Waals surface area (Å²) in [5.74, 6) is 1.08. The predicted molar refractivity (Wildman–Crippen MR) is 100 cm³/mol. The number of pyridine rings is 1. The largest absolute Gasteiger partial charge is 0.364 e. The second-order valence-corrected chi connectivity index (χ2v) is 8.78. The van der Waals surface area contributed by atoms with E-state index in [2.05, 4.69) is 73.4 Å². The molecule has 0 spiro atoms. The van der Waals surface area contributed by atoms with Gasteiger partial charge in [-0.3, -0.25) is 4.40 Å². The molecule has 0 fully saturated rings. The normalized spacial score (nSPS) is 12.7. The summed E-state index contributed by atoms with van der Waals surface area (Å²) >= 11 is 1.70. The van der Waals surface area contributed by atoms with Crippen molar-refractivity contribution in [2.24, 2.45) is 5.41 Å². The Kier molecular flexibility index (Phi) is 3.96. The third-order valence-electron chi connectivity index (χ3n) is 3.75. The SMILES string of the molecule is CC(C)(C)CC(C)(C)Nc1c(-c2ccsc2)nc2ccccn12. The highest BCUT2D eigenvalue weighted by Crippen LogP contribution is 2.35. The van der Waals surface area contributed by atoms with Gasteiger partial charge in [-0.2, -0.15) is 11.3 Å². The van der Waals surface area contributed by atoms with Crippen molar-refractivity contribution in [1.29, 1.82) is 0 Å². The molecular weight excluding hydrogens is 302 g/mol. The van der Waals surface area contributed by atoms with E-state index in [4.69, 9.17) is 4.98 Å². The number of fused-ring (bicyclic) bond motifs is 1. The van der Waals surface area contributed by atoms with Gasteiger partial charge in [-0.25, -0.2) is 4.98 Å². The second kappa shape index (κ2) is 5.68. The summed E-state index contributed by atoms with van der Waals surface area (Å²) in [7, 11) is 0. The summed E-state index contributed by atoms with van der Waals surface area (Å²) in [6.07, 6.45) is 3.15. The molecule has 0 saturated heterocycles. The first-order valence-corrected chi connectivity index (χ1v) is 8.97. The minimum absolute atomic E-state index is 0.0190. The minimum atomic E-state index is -0.0190. The Bertz CT molecular complexity index is 792. The van der Waals surface area contributed by atoms with Gasteiger partial charge < -0.3 is 5.32 Å². The van der Waals surface area contributed by atoms with Gasteiger partial charge in [-0.15, -0.1) is 0 Å². The lowest BCUT2D eigenvalue weighted by atomic mass is 9.82. The van der Waals surface area contributed by atoms with E-state index in [1.807, 2.05) is 12.1 Å². The van der Waals surface area contributed by atoms with Crippen molar-refractivity contribution >= 4 is 22.8 Å². The highest BCUT2D eigenvalue weighted by Gasteiger charge is 2.27. The lowest BCUT2D eigenvalue weighted by molar-refractivity contribution is 0.302. The van der Waals surface area contributed by atoms with Crippen LogP contribution in [0.1, 0.15) is 41.0 Å². The van der Waals surface area contributed by atoms with Crippen LogP contribution in [0.3, 0.4) is 0 Å². The van der Waals surface area contributed by atoms with Crippen molar-refractivity contribution < 1.29 is 0 Å². The Balaban J connectivity index is 2.07. The fraction of sp³-hybridized carbons (Fsp3) is 0.421. The van der Waals surface area contributed by atoms with Crippen LogP contribution in [0.5, 0.6) is 0 Å². The predicted octanol–water partition coefficient (Wildman–Crippen LogP) is 5.69. The third kappa shape index (κ3) is 3.58. The number of nitrogens with zero attached hydrogens (tertiary/aromatic N) is 2. The fourth-order valence-electron chi connectivity index (χ4n) is 3.41. The Hall–Kier alpha value is -1.81. The van der Waals surface area contributed by atoms with Gasteiger partial charge in [0.15, 0.2) is 0 Å². The van der Waals surface area contributed by atoms with Gasteiger partial charge >= 0.3 is 0 Å². The fourth-order valence-corrected chi connectivity index (χ4v) is 4.05. The molecule has 0 bridgehead atoms. The van der Waals surface area contributed by atoms with E-state index in [0.29, 0.717) is 0 Å². The number of hydrogen-bond acceptors (Lipinski definition) is 3. The Labute approximate surface area is 142 Å². The van der Waals surface area contributed by atoms with Crippen molar-refractivity contribution in [2.75, 3.05) is 5.32 Å². The molecule has 122 valence electrons. The Morgan fingerprint density at radius 3 is 2.57 bits per heavy atom. The zero-order valence-corrected chi connectivity index (χ0v) is 15.4. The first kappa shape index (κ1) is 16.1. The van der Waals surface area contributed by atoms with Crippen LogP contribution < -0.4 is 5.32 Å². The molecule has 0 aliphatic rings. The van der Waals surface area contributed by atoms with Crippen LogP contribution >= 0.6 is 11.3 Å². The molecule has 0 saturated carbocycles. The van der Waals surface area contributed by atoms with Crippen LogP contribution in [0.15, 0.2) is 41.2 Å². The highest BCUT2D eigenvalue weighted by molar-refractivity contribution is 7.08. The molecule has 3 heterocycles. The lowest BCUT2D eigenvalue weighted by Crippen LogP contribution is -2.36. The van der Waals surface area contributed by atoms with Crippen LogP contribution in [0, 0.1) is 5.41 Å². The lowest BCUT2D eigenvalue weighted by Gasteiger charge is -2.34. The highest BCUT2D eigenvalue weighted by atomic mass is 32.1. The zero-order valence-electron chi connectivity index (χ0n) is 14.6. The number of rotatable bonds is 4. The topological polar surface area (TPSA) is 29.3 Å². The number of nitrogens with one attached hydrogen (secondary N) is 1. The van der Waals surface area contributed by atoms with Gasteiger partial charge in [0.1, 0.15) is 17.2 Å². The molecule has 23 heavy (non-hydrogen) atoms. The van der Waals surface area contributed by atoms with Crippen LogP contribution in [-0.4, -0.2) is 14.9 Å². The maximum Gasteiger partial charge on any atom is 0.139 e. The Morgan fingerprint density at radius 2 is 1.91 bits per heavy atom. The third-order valence-corrected chi connectivity index (χ3v) is 4.44. The molecule has 0 aromatic carbocycles. The molecule has 0 aliphatic carbocycles. The van der Waals surface area contributed by atoms with E-state index in [9.17, 15) is 0 Å². The molecule has 3 aromatic heterocycles. The molecule has 0 unspecified atom stereocenters. The number of aromatic nitrogens is 2. The van der Waals surface area contributed by atoms with Crippen molar-refractivity contribution in [1.82, 2.24) is 9.38 Å². The van der Waals surface area contributed by atoms with Crippen LogP contribution in [0.25, 0.3) is 16.9 Å². The summed E-state index contributed by atoms with van der Waals surface area (Å²) in [5.41, 5.74) is 3.42. The first-order chi connectivity index (χ1) is 10.8. The van der Waals surface area contributed by atoms with E-state index in [1.54, 1.807) is 11.3 Å². The van der Waals surface area contributed by atoms with Gasteiger partial charge in [-0.1, -0.05) is 26.8 Å². The number of thiophene rings is 1. The summed E-state index contributed by atoms with van der Waals surface area (Å²) in [4.78, 5) is 4.84. The zero-order chi connectivity index (χ0) is 16.7. The van der Waals surface area contributed by atoms with Crippen molar-refractivity contribution in [2.45, 2.75) is 46.6 Å². The smallest absolute Gasteiger partial charge is 0.139 e. The molecule has 3 nitrogen and oxygen atoms in total. The molecule has 1 N–H and O–H groups in total. The van der Waals surface area contributed by atoms with Gasteiger partial charge in [0.2, 0.25) is 0 Å². The van der Waals surface area contributed by atoms with Gasteiger partial charge in [-0.05, 0) is 49.3 Å². The maximum absolute atomic E-state index is 4.84. The van der Waals surface area contributed by atoms with E-state index in [-0.39, 0.29) is 11.0 Å².